The van der Waals surface area contributed by atoms with Gasteiger partial charge >= 0.3 is 6.03 Å². The maximum Gasteiger partial charge on any atom is 0.320 e. The maximum atomic E-state index is 13.6. The SMILES string of the molecule is CC1CCCC(C)N1c1nnc2ccc(OC3CCC(NC(=O)Nc4cc(C(C)(C)C)nn4-c4cnn(CCO)c4)c4ccccc43)cn12. The molecule has 5 heterocycles. The number of nitrogens with zero attached hydrogens (tertiary/aromatic N) is 8. The van der Waals surface area contributed by atoms with Crippen molar-refractivity contribution in [2.24, 2.45) is 0 Å². The number of aliphatic hydroxyl groups is 1. The topological polar surface area (TPSA) is 140 Å². The van der Waals surface area contributed by atoms with E-state index >= 15 is 0 Å². The van der Waals surface area contributed by atoms with E-state index in [-0.39, 0.29) is 30.2 Å². The number of aromatic nitrogens is 7. The first-order valence-corrected chi connectivity index (χ1v) is 17.3. The van der Waals surface area contributed by atoms with Gasteiger partial charge < -0.3 is 20.1 Å². The zero-order valence-electron chi connectivity index (χ0n) is 28.9. The molecule has 0 radical (unpaired) electrons. The number of rotatable bonds is 8. The van der Waals surface area contributed by atoms with Crippen LogP contribution in [-0.2, 0) is 12.0 Å². The summed E-state index contributed by atoms with van der Waals surface area (Å²) in [5, 5.41) is 33.7. The van der Waals surface area contributed by atoms with Crippen LogP contribution in [0.4, 0.5) is 16.6 Å². The Morgan fingerprint density at radius 3 is 2.53 bits per heavy atom. The quantitative estimate of drug-likeness (QED) is 0.185. The van der Waals surface area contributed by atoms with Crippen molar-refractivity contribution in [2.45, 2.75) is 103 Å². The van der Waals surface area contributed by atoms with E-state index in [2.05, 4.69) is 77.6 Å². The number of benzene rings is 1. The Morgan fingerprint density at radius 2 is 1.78 bits per heavy atom. The van der Waals surface area contributed by atoms with Gasteiger partial charge in [-0.05, 0) is 69.2 Å². The second-order valence-corrected chi connectivity index (χ2v) is 14.4. The third-order valence-electron chi connectivity index (χ3n) is 9.71. The second-order valence-electron chi connectivity index (χ2n) is 14.4. The molecule has 0 spiro atoms. The summed E-state index contributed by atoms with van der Waals surface area (Å²) >= 11 is 0. The molecule has 258 valence electrons. The van der Waals surface area contributed by atoms with E-state index in [0.29, 0.717) is 36.6 Å². The van der Waals surface area contributed by atoms with Crippen LogP contribution in [0.2, 0.25) is 0 Å². The van der Waals surface area contributed by atoms with E-state index < -0.39 is 0 Å². The number of hydrogen-bond donors (Lipinski definition) is 3. The Labute approximate surface area is 286 Å². The number of nitrogens with one attached hydrogen (secondary N) is 2. The summed E-state index contributed by atoms with van der Waals surface area (Å²) in [6.45, 7) is 11.1. The molecule has 4 aromatic heterocycles. The number of piperidine rings is 1. The fourth-order valence-corrected chi connectivity index (χ4v) is 7.14. The fourth-order valence-electron chi connectivity index (χ4n) is 7.14. The number of amides is 2. The lowest BCUT2D eigenvalue weighted by Crippen LogP contribution is -2.44. The standard InChI is InChI=1S/C36H46N10O3/c1-23-9-8-10-24(2)45(23)35-41-40-32-16-13-26(22-44(32)35)49-30-15-14-29(27-11-6-7-12-28(27)30)38-34(48)39-33-19-31(36(3,4)5)42-46(33)25-20-37-43(21-25)17-18-47/h6-7,11-13,16,19-24,29-30,47H,8-10,14-15,17-18H2,1-5H3,(H2,38,39,48). The lowest BCUT2D eigenvalue weighted by molar-refractivity contribution is 0.171. The molecule has 5 aromatic rings. The van der Waals surface area contributed by atoms with Crippen molar-refractivity contribution in [1.82, 2.24) is 39.5 Å². The molecule has 1 fully saturated rings. The molecule has 0 saturated carbocycles. The summed E-state index contributed by atoms with van der Waals surface area (Å²) in [5.41, 5.74) is 4.17. The number of carbonyl (C=O) groups excluding carboxylic acids is 1. The third kappa shape index (κ3) is 6.59. The monoisotopic (exact) mass is 666 g/mol. The Bertz CT molecular complexity index is 1930. The highest BCUT2D eigenvalue weighted by atomic mass is 16.5. The Hall–Kier alpha value is -4.91. The average Bonchev–Trinajstić information content (AvgIpc) is 3.81. The number of ether oxygens (including phenoxy) is 1. The highest BCUT2D eigenvalue weighted by Gasteiger charge is 2.31. The van der Waals surface area contributed by atoms with Crippen LogP contribution in [0.25, 0.3) is 11.3 Å². The Balaban J connectivity index is 1.09. The van der Waals surface area contributed by atoms with Crippen molar-refractivity contribution in [3.05, 3.63) is 77.9 Å². The molecule has 1 aliphatic heterocycles. The van der Waals surface area contributed by atoms with Gasteiger partial charge in [-0.1, -0.05) is 45.0 Å². The molecule has 2 aliphatic rings. The summed E-state index contributed by atoms with van der Waals surface area (Å²) in [5.74, 6) is 2.14. The molecule has 4 atom stereocenters. The van der Waals surface area contributed by atoms with Gasteiger partial charge in [0.25, 0.3) is 0 Å². The van der Waals surface area contributed by atoms with Crippen LogP contribution < -0.4 is 20.3 Å². The van der Waals surface area contributed by atoms with Gasteiger partial charge in [-0.3, -0.25) is 14.4 Å². The van der Waals surface area contributed by atoms with Crippen molar-refractivity contribution in [2.75, 3.05) is 16.8 Å². The Kier molecular flexibility index (Phi) is 8.78. The molecular formula is C36H46N10O3. The first-order valence-electron chi connectivity index (χ1n) is 17.3. The number of aliphatic hydroxyl groups excluding tert-OH is 1. The normalized spacial score (nSPS) is 21.1. The van der Waals surface area contributed by atoms with E-state index in [1.807, 2.05) is 40.9 Å². The van der Waals surface area contributed by atoms with Crippen LogP contribution in [0.1, 0.15) is 95.7 Å². The predicted octanol–water partition coefficient (Wildman–Crippen LogP) is 5.95. The first kappa shape index (κ1) is 32.6. The van der Waals surface area contributed by atoms with E-state index in [0.717, 1.165) is 53.4 Å². The lowest BCUT2D eigenvalue weighted by Gasteiger charge is -2.39. The molecule has 13 heteroatoms. The van der Waals surface area contributed by atoms with Gasteiger partial charge in [0.05, 0.1) is 43.5 Å². The summed E-state index contributed by atoms with van der Waals surface area (Å²) in [7, 11) is 0. The molecule has 0 bridgehead atoms. The zero-order valence-corrected chi connectivity index (χ0v) is 28.9. The molecular weight excluding hydrogens is 620 g/mol. The number of pyridine rings is 1. The first-order chi connectivity index (χ1) is 23.6. The Morgan fingerprint density at radius 1 is 1.00 bits per heavy atom. The van der Waals surface area contributed by atoms with Gasteiger partial charge in [0.2, 0.25) is 5.95 Å². The maximum absolute atomic E-state index is 13.6. The zero-order chi connectivity index (χ0) is 34.3. The minimum Gasteiger partial charge on any atom is -0.484 e. The van der Waals surface area contributed by atoms with Gasteiger partial charge in [-0.25, -0.2) is 9.48 Å². The molecule has 1 aliphatic carbocycles. The molecule has 4 unspecified atom stereocenters. The third-order valence-corrected chi connectivity index (χ3v) is 9.71. The number of urea groups is 1. The van der Waals surface area contributed by atoms with E-state index in [1.165, 1.54) is 6.42 Å². The lowest BCUT2D eigenvalue weighted by atomic mass is 9.85. The van der Waals surface area contributed by atoms with Crippen LogP contribution >= 0.6 is 0 Å². The van der Waals surface area contributed by atoms with Crippen LogP contribution in [-0.4, -0.2) is 64.0 Å². The minimum atomic E-state index is -0.324. The van der Waals surface area contributed by atoms with Crippen LogP contribution in [0, 0.1) is 0 Å². The van der Waals surface area contributed by atoms with E-state index in [4.69, 9.17) is 9.84 Å². The average molecular weight is 667 g/mol. The van der Waals surface area contributed by atoms with Gasteiger partial charge in [0, 0.05) is 23.6 Å². The van der Waals surface area contributed by atoms with Gasteiger partial charge in [0.1, 0.15) is 23.4 Å². The summed E-state index contributed by atoms with van der Waals surface area (Å²) in [4.78, 5) is 15.9. The smallest absolute Gasteiger partial charge is 0.320 e. The molecule has 1 saturated heterocycles. The number of hydrogen-bond acceptors (Lipinski definition) is 8. The van der Waals surface area contributed by atoms with Crippen molar-refractivity contribution >= 4 is 23.4 Å². The summed E-state index contributed by atoms with van der Waals surface area (Å²) in [6.07, 6.45) is 10.2. The number of anilines is 2. The largest absolute Gasteiger partial charge is 0.484 e. The second kappa shape index (κ2) is 13.2. The molecule has 2 amide bonds. The number of fused-ring (bicyclic) bond motifs is 2. The van der Waals surface area contributed by atoms with Crippen molar-refractivity contribution < 1.29 is 14.6 Å². The number of carbonyl (C=O) groups is 1. The molecule has 13 nitrogen and oxygen atoms in total. The van der Waals surface area contributed by atoms with Crippen LogP contribution in [0.3, 0.4) is 0 Å². The fraction of sp³-hybridized carbons (Fsp3) is 0.472. The van der Waals surface area contributed by atoms with Crippen LogP contribution in [0.15, 0.2) is 61.1 Å². The summed E-state index contributed by atoms with van der Waals surface area (Å²) in [6, 6.07) is 14.2. The van der Waals surface area contributed by atoms with Crippen molar-refractivity contribution in [3.63, 3.8) is 0 Å². The molecule has 3 N–H and O–H groups in total. The minimum absolute atomic E-state index is 0.0224. The summed E-state index contributed by atoms with van der Waals surface area (Å²) < 4.78 is 12.0. The highest BCUT2D eigenvalue weighted by molar-refractivity contribution is 5.89. The molecule has 1 aromatic carbocycles. The van der Waals surface area contributed by atoms with Gasteiger partial charge in [-0.15, -0.1) is 10.2 Å². The highest BCUT2D eigenvalue weighted by Crippen LogP contribution is 2.39. The van der Waals surface area contributed by atoms with Crippen molar-refractivity contribution in [1.29, 1.82) is 0 Å². The van der Waals surface area contributed by atoms with Crippen molar-refractivity contribution in [3.8, 4) is 11.4 Å². The van der Waals surface area contributed by atoms with Gasteiger partial charge in [-0.2, -0.15) is 10.2 Å². The van der Waals surface area contributed by atoms with Crippen LogP contribution in [0.5, 0.6) is 5.75 Å². The predicted molar refractivity (Wildman–Crippen MR) is 187 cm³/mol. The van der Waals surface area contributed by atoms with E-state index in [9.17, 15) is 9.90 Å². The molecule has 7 rings (SSSR count). The van der Waals surface area contributed by atoms with E-state index in [1.54, 1.807) is 21.8 Å². The van der Waals surface area contributed by atoms with Gasteiger partial charge in [0.15, 0.2) is 5.65 Å². The molecule has 49 heavy (non-hydrogen) atoms.